The average molecular weight is 413 g/mol. The predicted octanol–water partition coefficient (Wildman–Crippen LogP) is 2.20. The van der Waals surface area contributed by atoms with Gasteiger partial charge in [-0.2, -0.15) is 0 Å². The number of hydrogen-bond donors (Lipinski definition) is 2. The third kappa shape index (κ3) is 3.03. The number of rotatable bonds is 0. The van der Waals surface area contributed by atoms with E-state index in [0.29, 0.717) is 35.6 Å². The second-order valence-electron chi connectivity index (χ2n) is 7.92. The summed E-state index contributed by atoms with van der Waals surface area (Å²) in [7, 11) is 0. The first-order chi connectivity index (χ1) is 14.4. The van der Waals surface area contributed by atoms with Gasteiger partial charge in [0.15, 0.2) is 11.5 Å². The highest BCUT2D eigenvalue weighted by Gasteiger charge is 2.36. The summed E-state index contributed by atoms with van der Waals surface area (Å²) in [6, 6.07) is 2.53. The molecule has 0 aliphatic carbocycles. The van der Waals surface area contributed by atoms with E-state index in [1.165, 1.54) is 16.8 Å². The van der Waals surface area contributed by atoms with Crippen LogP contribution in [0, 0.1) is 5.82 Å². The first-order valence-electron chi connectivity index (χ1n) is 9.91. The van der Waals surface area contributed by atoms with Gasteiger partial charge in [0.25, 0.3) is 5.91 Å². The number of nitrogens with one attached hydrogen (secondary N) is 1. The molecule has 8 nitrogen and oxygen atoms in total. The molecule has 0 saturated carbocycles. The highest BCUT2D eigenvalue weighted by molar-refractivity contribution is 6.04. The summed E-state index contributed by atoms with van der Waals surface area (Å²) in [6.07, 6.45) is 3.04. The van der Waals surface area contributed by atoms with E-state index in [4.69, 9.17) is 5.73 Å². The van der Waals surface area contributed by atoms with Crippen LogP contribution in [0.4, 0.5) is 20.4 Å². The molecule has 1 fully saturated rings. The molecule has 30 heavy (non-hydrogen) atoms. The van der Waals surface area contributed by atoms with Crippen LogP contribution in [-0.4, -0.2) is 44.2 Å². The molecule has 3 aromatic heterocycles. The van der Waals surface area contributed by atoms with Crippen molar-refractivity contribution < 1.29 is 13.6 Å². The number of nitrogens with two attached hydrogens (primary N) is 1. The van der Waals surface area contributed by atoms with Gasteiger partial charge >= 0.3 is 0 Å². The quantitative estimate of drug-likeness (QED) is 0.586. The zero-order valence-electron chi connectivity index (χ0n) is 16.3. The van der Waals surface area contributed by atoms with Crippen molar-refractivity contribution in [1.29, 1.82) is 0 Å². The van der Waals surface area contributed by atoms with Crippen LogP contribution in [0.5, 0.6) is 0 Å². The van der Waals surface area contributed by atoms with E-state index in [1.54, 1.807) is 17.2 Å². The van der Waals surface area contributed by atoms with Crippen LogP contribution < -0.4 is 16.0 Å². The number of anilines is 2. The van der Waals surface area contributed by atoms with Crippen molar-refractivity contribution in [3.05, 3.63) is 47.2 Å². The van der Waals surface area contributed by atoms with Gasteiger partial charge in [-0.15, -0.1) is 5.10 Å². The van der Waals surface area contributed by atoms with Crippen molar-refractivity contribution in [2.45, 2.75) is 44.4 Å². The molecule has 10 heteroatoms. The topological polar surface area (TPSA) is 101 Å². The molecule has 5 rings (SSSR count). The molecule has 3 atom stereocenters. The van der Waals surface area contributed by atoms with E-state index in [0.717, 1.165) is 0 Å². The summed E-state index contributed by atoms with van der Waals surface area (Å²) in [6.45, 7) is 1.99. The lowest BCUT2D eigenvalue weighted by atomic mass is 9.98. The van der Waals surface area contributed by atoms with E-state index in [1.807, 2.05) is 6.92 Å². The lowest BCUT2D eigenvalue weighted by Gasteiger charge is -2.27. The number of carbonyl (C=O) groups excluding carboxylic acids is 1. The number of halogens is 2. The molecule has 0 spiro atoms. The van der Waals surface area contributed by atoms with Gasteiger partial charge < -0.3 is 16.0 Å². The van der Waals surface area contributed by atoms with Crippen molar-refractivity contribution >= 4 is 23.2 Å². The lowest BCUT2D eigenvalue weighted by Crippen LogP contribution is -2.33. The third-order valence-corrected chi connectivity index (χ3v) is 5.79. The van der Waals surface area contributed by atoms with Crippen molar-refractivity contribution in [3.8, 4) is 0 Å². The first-order valence-corrected chi connectivity index (χ1v) is 9.91. The lowest BCUT2D eigenvalue weighted by molar-refractivity contribution is 0.0940. The Morgan fingerprint density at radius 3 is 3.03 bits per heavy atom. The second kappa shape index (κ2) is 6.89. The Balaban J connectivity index is 1.72. The maximum absolute atomic E-state index is 14.5. The molecule has 156 valence electrons. The van der Waals surface area contributed by atoms with Crippen molar-refractivity contribution in [2.24, 2.45) is 0 Å². The zero-order chi connectivity index (χ0) is 21.0. The maximum Gasteiger partial charge on any atom is 0.259 e. The molecule has 0 aromatic carbocycles. The van der Waals surface area contributed by atoms with Crippen LogP contribution in [0.25, 0.3) is 5.65 Å². The highest BCUT2D eigenvalue weighted by atomic mass is 19.1. The predicted molar refractivity (Wildman–Crippen MR) is 106 cm³/mol. The minimum Gasteiger partial charge on any atom is -0.381 e. The molecule has 0 unspecified atom stereocenters. The molecular formula is C20H21F2N7O. The fourth-order valence-corrected chi connectivity index (χ4v) is 4.35. The van der Waals surface area contributed by atoms with E-state index in [2.05, 4.69) is 20.4 Å². The fraction of sp³-hybridized carbons (Fsp3) is 0.400. The van der Waals surface area contributed by atoms with Crippen LogP contribution in [-0.2, 0) is 6.42 Å². The molecule has 5 heterocycles. The SMILES string of the molecule is C[C@@H]1CCc2ncc(F)cc2[C@@H]2C[C@H](F)CN2c2ccn3nc(N)c(c3n2)C(=O)N1. The minimum absolute atomic E-state index is 0.0765. The van der Waals surface area contributed by atoms with Gasteiger partial charge in [0.2, 0.25) is 0 Å². The fourth-order valence-electron chi connectivity index (χ4n) is 4.35. The number of nitrogens with zero attached hydrogens (tertiary/aromatic N) is 5. The number of carbonyl (C=O) groups is 1. The summed E-state index contributed by atoms with van der Waals surface area (Å²) in [5.41, 5.74) is 7.84. The number of alkyl halides is 1. The number of pyridine rings is 1. The van der Waals surface area contributed by atoms with Gasteiger partial charge in [0.1, 0.15) is 23.4 Å². The number of hydrogen-bond acceptors (Lipinski definition) is 6. The van der Waals surface area contributed by atoms with Crippen LogP contribution in [0.2, 0.25) is 0 Å². The van der Waals surface area contributed by atoms with Crippen LogP contribution in [0.15, 0.2) is 24.5 Å². The summed E-state index contributed by atoms with van der Waals surface area (Å²) in [5.74, 6) is -0.278. The van der Waals surface area contributed by atoms with Gasteiger partial charge in [0, 0.05) is 24.4 Å². The molecule has 3 N–H and O–H groups in total. The second-order valence-corrected chi connectivity index (χ2v) is 7.92. The summed E-state index contributed by atoms with van der Waals surface area (Å²) in [4.78, 5) is 23.6. The van der Waals surface area contributed by atoms with Crippen molar-refractivity contribution in [1.82, 2.24) is 24.9 Å². The molecule has 3 aromatic rings. The summed E-state index contributed by atoms with van der Waals surface area (Å²) < 4.78 is 30.1. The number of aryl methyl sites for hydroxylation is 1. The third-order valence-electron chi connectivity index (χ3n) is 5.79. The molecule has 1 saturated heterocycles. The Kier molecular flexibility index (Phi) is 4.30. The van der Waals surface area contributed by atoms with Gasteiger partial charge in [-0.3, -0.25) is 9.78 Å². The Bertz CT molecular complexity index is 1150. The van der Waals surface area contributed by atoms with Gasteiger partial charge in [-0.25, -0.2) is 18.3 Å². The van der Waals surface area contributed by atoms with Crippen LogP contribution in [0.3, 0.4) is 0 Å². The Morgan fingerprint density at radius 2 is 2.20 bits per heavy atom. The molecule has 2 aliphatic heterocycles. The van der Waals surface area contributed by atoms with Crippen LogP contribution >= 0.6 is 0 Å². The first kappa shape index (κ1) is 18.7. The molecular weight excluding hydrogens is 392 g/mol. The van der Waals surface area contributed by atoms with Gasteiger partial charge in [0.05, 0.1) is 18.8 Å². The van der Waals surface area contributed by atoms with Crippen molar-refractivity contribution in [2.75, 3.05) is 17.2 Å². The standard InChI is InChI=1S/C20H21F2N7O/c1-10-2-3-14-13(6-11(21)8-24-14)15-7-12(22)9-28(15)16-4-5-29-19(26-16)17(18(23)27-29)20(30)25-10/h4-6,8,10,12,15H,2-3,7,9H2,1H3,(H2,23,27)(H,25,30)/t10-,12+,15+/m1/s1. The molecule has 0 radical (unpaired) electrons. The van der Waals surface area contributed by atoms with Gasteiger partial charge in [-0.1, -0.05) is 0 Å². The van der Waals surface area contributed by atoms with E-state index < -0.39 is 18.0 Å². The largest absolute Gasteiger partial charge is 0.381 e. The zero-order valence-corrected chi connectivity index (χ0v) is 16.3. The number of fused-ring (bicyclic) bond motifs is 5. The normalized spacial score (nSPS) is 24.0. The smallest absolute Gasteiger partial charge is 0.259 e. The molecule has 1 amide bonds. The number of aromatic nitrogens is 4. The summed E-state index contributed by atoms with van der Waals surface area (Å²) >= 11 is 0. The highest BCUT2D eigenvalue weighted by Crippen LogP contribution is 2.38. The summed E-state index contributed by atoms with van der Waals surface area (Å²) in [5, 5.41) is 7.10. The van der Waals surface area contributed by atoms with Crippen LogP contribution in [0.1, 0.15) is 47.4 Å². The van der Waals surface area contributed by atoms with E-state index >= 15 is 0 Å². The van der Waals surface area contributed by atoms with Gasteiger partial charge in [-0.05, 0) is 37.5 Å². The average Bonchev–Trinajstić information content (AvgIpc) is 3.24. The number of nitrogen functional groups attached to an aromatic ring is 1. The maximum atomic E-state index is 14.5. The Labute approximate surface area is 171 Å². The number of amides is 1. The van der Waals surface area contributed by atoms with E-state index in [-0.39, 0.29) is 36.3 Å². The van der Waals surface area contributed by atoms with E-state index in [9.17, 15) is 13.6 Å². The molecule has 2 aliphatic rings. The minimum atomic E-state index is -1.09. The Hall–Kier alpha value is -3.30. The molecule has 2 bridgehead atoms. The Morgan fingerprint density at radius 1 is 1.37 bits per heavy atom. The monoisotopic (exact) mass is 413 g/mol. The van der Waals surface area contributed by atoms with Crippen molar-refractivity contribution in [3.63, 3.8) is 0 Å².